The predicted octanol–water partition coefficient (Wildman–Crippen LogP) is 3.62. The standard InChI is InChI=1S/C21H21F3N4O/c1-15-19(28-14-17(21(22,23)24)7-8-18(28)25-15)20(29)27-11-9-26(10-12-27)13-16-5-3-2-4-6-16/h2-8,14H,9-13H2,1H3. The van der Waals surface area contributed by atoms with Gasteiger partial charge in [0, 0.05) is 38.9 Å². The molecule has 0 unspecified atom stereocenters. The molecular weight excluding hydrogens is 381 g/mol. The summed E-state index contributed by atoms with van der Waals surface area (Å²) in [7, 11) is 0. The number of piperazine rings is 1. The number of hydrogen-bond donors (Lipinski definition) is 0. The van der Waals surface area contributed by atoms with E-state index < -0.39 is 11.7 Å². The molecule has 4 rings (SSSR count). The molecule has 1 fully saturated rings. The van der Waals surface area contributed by atoms with Crippen LogP contribution in [0.5, 0.6) is 0 Å². The average Bonchev–Trinajstić information content (AvgIpc) is 3.03. The van der Waals surface area contributed by atoms with E-state index >= 15 is 0 Å². The van der Waals surface area contributed by atoms with Gasteiger partial charge in [0.15, 0.2) is 0 Å². The summed E-state index contributed by atoms with van der Waals surface area (Å²) in [5.74, 6) is -0.284. The van der Waals surface area contributed by atoms with E-state index in [1.54, 1.807) is 11.8 Å². The number of benzene rings is 1. The zero-order valence-corrected chi connectivity index (χ0v) is 16.0. The van der Waals surface area contributed by atoms with Crippen LogP contribution in [0.1, 0.15) is 27.3 Å². The van der Waals surface area contributed by atoms with Crippen LogP contribution in [0.25, 0.3) is 5.65 Å². The molecule has 1 aliphatic heterocycles. The van der Waals surface area contributed by atoms with E-state index in [0.717, 1.165) is 18.8 Å². The van der Waals surface area contributed by atoms with Crippen molar-refractivity contribution in [3.8, 4) is 0 Å². The van der Waals surface area contributed by atoms with Gasteiger partial charge < -0.3 is 4.90 Å². The smallest absolute Gasteiger partial charge is 0.335 e. The van der Waals surface area contributed by atoms with Crippen molar-refractivity contribution in [2.45, 2.75) is 19.6 Å². The Morgan fingerprint density at radius 1 is 1.03 bits per heavy atom. The van der Waals surface area contributed by atoms with Gasteiger partial charge in [0.2, 0.25) is 0 Å². The Morgan fingerprint density at radius 2 is 1.72 bits per heavy atom. The molecule has 1 saturated heterocycles. The van der Waals surface area contributed by atoms with Crippen LogP contribution in [-0.2, 0) is 12.7 Å². The maximum Gasteiger partial charge on any atom is 0.417 e. The van der Waals surface area contributed by atoms with E-state index in [0.29, 0.717) is 37.5 Å². The summed E-state index contributed by atoms with van der Waals surface area (Å²) in [5, 5.41) is 0. The van der Waals surface area contributed by atoms with E-state index in [-0.39, 0.29) is 11.6 Å². The number of imidazole rings is 1. The fourth-order valence-electron chi connectivity index (χ4n) is 3.69. The van der Waals surface area contributed by atoms with Crippen LogP contribution in [0.3, 0.4) is 0 Å². The first-order chi connectivity index (χ1) is 13.8. The first-order valence-electron chi connectivity index (χ1n) is 9.44. The molecule has 0 N–H and O–H groups in total. The lowest BCUT2D eigenvalue weighted by Gasteiger charge is -2.34. The number of hydrogen-bond acceptors (Lipinski definition) is 3. The Hall–Kier alpha value is -2.87. The number of carbonyl (C=O) groups excluding carboxylic acids is 1. The summed E-state index contributed by atoms with van der Waals surface area (Å²) in [6.07, 6.45) is -3.52. The van der Waals surface area contributed by atoms with E-state index in [4.69, 9.17) is 0 Å². The highest BCUT2D eigenvalue weighted by Gasteiger charge is 2.32. The number of nitrogens with zero attached hydrogens (tertiary/aromatic N) is 4. The van der Waals surface area contributed by atoms with Crippen LogP contribution in [0.15, 0.2) is 48.7 Å². The number of pyridine rings is 1. The molecule has 152 valence electrons. The predicted molar refractivity (Wildman–Crippen MR) is 103 cm³/mol. The molecule has 3 heterocycles. The van der Waals surface area contributed by atoms with Crippen molar-refractivity contribution in [2.75, 3.05) is 26.2 Å². The normalized spacial score (nSPS) is 15.8. The van der Waals surface area contributed by atoms with Gasteiger partial charge in [0.25, 0.3) is 5.91 Å². The third kappa shape index (κ3) is 3.98. The highest BCUT2D eigenvalue weighted by atomic mass is 19.4. The molecule has 3 aromatic rings. The number of rotatable bonds is 3. The maximum atomic E-state index is 13.1. The third-order valence-corrected chi connectivity index (χ3v) is 5.23. The second kappa shape index (κ2) is 7.51. The molecule has 5 nitrogen and oxygen atoms in total. The van der Waals surface area contributed by atoms with Crippen LogP contribution in [0, 0.1) is 6.92 Å². The number of aromatic nitrogens is 2. The van der Waals surface area contributed by atoms with Gasteiger partial charge >= 0.3 is 6.18 Å². The monoisotopic (exact) mass is 402 g/mol. The maximum absolute atomic E-state index is 13.1. The largest absolute Gasteiger partial charge is 0.417 e. The van der Waals surface area contributed by atoms with Crippen LogP contribution in [0.2, 0.25) is 0 Å². The van der Waals surface area contributed by atoms with Gasteiger partial charge in [-0.15, -0.1) is 0 Å². The Morgan fingerprint density at radius 3 is 2.38 bits per heavy atom. The number of alkyl halides is 3. The van der Waals surface area contributed by atoms with Gasteiger partial charge in [-0.3, -0.25) is 14.1 Å². The first kappa shape index (κ1) is 19.4. The molecule has 0 radical (unpaired) electrons. The van der Waals surface area contributed by atoms with Crippen molar-refractivity contribution < 1.29 is 18.0 Å². The van der Waals surface area contributed by atoms with E-state index in [1.165, 1.54) is 16.0 Å². The van der Waals surface area contributed by atoms with Crippen LogP contribution in [0.4, 0.5) is 13.2 Å². The lowest BCUT2D eigenvalue weighted by molar-refractivity contribution is -0.137. The summed E-state index contributed by atoms with van der Waals surface area (Å²) in [5.41, 5.74) is 1.37. The molecule has 0 spiro atoms. The minimum absolute atomic E-state index is 0.197. The molecule has 1 aliphatic rings. The van der Waals surface area contributed by atoms with Crippen molar-refractivity contribution >= 4 is 11.6 Å². The average molecular weight is 402 g/mol. The topological polar surface area (TPSA) is 40.9 Å². The Labute approximate surface area is 166 Å². The Balaban J connectivity index is 1.51. The molecule has 0 aliphatic carbocycles. The van der Waals surface area contributed by atoms with E-state index in [9.17, 15) is 18.0 Å². The van der Waals surface area contributed by atoms with Crippen molar-refractivity contribution in [2.24, 2.45) is 0 Å². The van der Waals surface area contributed by atoms with Crippen molar-refractivity contribution in [1.82, 2.24) is 19.2 Å². The minimum Gasteiger partial charge on any atom is -0.335 e. The lowest BCUT2D eigenvalue weighted by atomic mass is 10.2. The van der Waals surface area contributed by atoms with Gasteiger partial charge in [-0.25, -0.2) is 4.98 Å². The van der Waals surface area contributed by atoms with E-state index in [2.05, 4.69) is 22.0 Å². The quantitative estimate of drug-likeness (QED) is 0.672. The van der Waals surface area contributed by atoms with Gasteiger partial charge in [-0.1, -0.05) is 30.3 Å². The second-order valence-corrected chi connectivity index (χ2v) is 7.24. The number of amides is 1. The molecule has 2 aromatic heterocycles. The molecule has 1 aromatic carbocycles. The summed E-state index contributed by atoms with van der Waals surface area (Å²) in [6.45, 7) is 4.94. The Bertz CT molecular complexity index is 1020. The zero-order valence-electron chi connectivity index (χ0n) is 16.0. The highest BCUT2D eigenvalue weighted by molar-refractivity contribution is 5.94. The van der Waals surface area contributed by atoms with Gasteiger partial charge in [-0.2, -0.15) is 13.2 Å². The summed E-state index contributed by atoms with van der Waals surface area (Å²) in [6, 6.07) is 12.4. The van der Waals surface area contributed by atoms with Crippen molar-refractivity contribution in [3.63, 3.8) is 0 Å². The summed E-state index contributed by atoms with van der Waals surface area (Å²) >= 11 is 0. The molecule has 1 amide bonds. The first-order valence-corrected chi connectivity index (χ1v) is 9.44. The molecule has 8 heteroatoms. The number of halogens is 3. The molecular formula is C21H21F3N4O. The lowest BCUT2D eigenvalue weighted by Crippen LogP contribution is -2.48. The second-order valence-electron chi connectivity index (χ2n) is 7.24. The third-order valence-electron chi connectivity index (χ3n) is 5.23. The molecule has 29 heavy (non-hydrogen) atoms. The summed E-state index contributed by atoms with van der Waals surface area (Å²) in [4.78, 5) is 21.3. The van der Waals surface area contributed by atoms with Gasteiger partial charge in [0.1, 0.15) is 11.3 Å². The molecule has 0 saturated carbocycles. The number of carbonyl (C=O) groups is 1. The van der Waals surface area contributed by atoms with Crippen LogP contribution < -0.4 is 0 Å². The van der Waals surface area contributed by atoms with E-state index in [1.807, 2.05) is 18.2 Å². The van der Waals surface area contributed by atoms with Crippen LogP contribution in [-0.4, -0.2) is 51.3 Å². The summed E-state index contributed by atoms with van der Waals surface area (Å²) < 4.78 is 40.6. The number of fused-ring (bicyclic) bond motifs is 1. The van der Waals surface area contributed by atoms with Crippen molar-refractivity contribution in [1.29, 1.82) is 0 Å². The fraction of sp³-hybridized carbons (Fsp3) is 0.333. The molecule has 0 atom stereocenters. The minimum atomic E-state index is -4.48. The van der Waals surface area contributed by atoms with Gasteiger partial charge in [0.05, 0.1) is 11.3 Å². The Kier molecular flexibility index (Phi) is 5.04. The fourth-order valence-corrected chi connectivity index (χ4v) is 3.69. The number of aryl methyl sites for hydroxylation is 1. The van der Waals surface area contributed by atoms with Crippen LogP contribution >= 0.6 is 0 Å². The van der Waals surface area contributed by atoms with Crippen molar-refractivity contribution in [3.05, 3.63) is 71.2 Å². The highest BCUT2D eigenvalue weighted by Crippen LogP contribution is 2.30. The SMILES string of the molecule is Cc1nc2ccc(C(F)(F)F)cn2c1C(=O)N1CCN(Cc2ccccc2)CC1. The molecule has 0 bridgehead atoms. The van der Waals surface area contributed by atoms with Gasteiger partial charge in [-0.05, 0) is 24.6 Å². The zero-order chi connectivity index (χ0) is 20.6.